The number of nitrogens with zero attached hydrogens (tertiary/aromatic N) is 3. The second-order valence-electron chi connectivity index (χ2n) is 6.84. The van der Waals surface area contributed by atoms with Crippen molar-refractivity contribution in [1.82, 2.24) is 14.8 Å². The van der Waals surface area contributed by atoms with Gasteiger partial charge in [0.2, 0.25) is 5.91 Å². The number of amides is 1. The van der Waals surface area contributed by atoms with Crippen molar-refractivity contribution < 1.29 is 9.53 Å². The summed E-state index contributed by atoms with van der Waals surface area (Å²) in [5.41, 5.74) is 2.85. The van der Waals surface area contributed by atoms with Crippen molar-refractivity contribution in [2.24, 2.45) is 7.05 Å². The smallest absolute Gasteiger partial charge is 0.234 e. The van der Waals surface area contributed by atoms with Gasteiger partial charge in [0.15, 0.2) is 17.1 Å². The van der Waals surface area contributed by atoms with Crippen LogP contribution in [0.15, 0.2) is 46.0 Å². The van der Waals surface area contributed by atoms with Crippen molar-refractivity contribution in [2.75, 3.05) is 11.1 Å². The zero-order chi connectivity index (χ0) is 21.8. The number of aryl methyl sites for hydroxylation is 2. The number of anilines is 1. The first-order chi connectivity index (χ1) is 14.3. The topological polar surface area (TPSA) is 69.0 Å². The lowest BCUT2D eigenvalue weighted by Gasteiger charge is -2.15. The van der Waals surface area contributed by atoms with E-state index in [1.807, 2.05) is 56.7 Å². The number of ether oxygens (including phenoxy) is 1. The van der Waals surface area contributed by atoms with Crippen LogP contribution in [0.25, 0.3) is 0 Å². The molecule has 0 aliphatic carbocycles. The van der Waals surface area contributed by atoms with Crippen molar-refractivity contribution in [3.8, 4) is 5.75 Å². The Hall–Kier alpha value is -2.03. The molecule has 158 valence electrons. The molecule has 0 fully saturated rings. The molecule has 1 heterocycles. The van der Waals surface area contributed by atoms with Gasteiger partial charge >= 0.3 is 0 Å². The highest BCUT2D eigenvalue weighted by Gasteiger charge is 2.19. The molecule has 1 atom stereocenters. The minimum absolute atomic E-state index is 0.0987. The second kappa shape index (κ2) is 9.85. The minimum Gasteiger partial charge on any atom is -0.481 e. The second-order valence-corrected chi connectivity index (χ2v) is 9.11. The number of hydrogen-bond donors (Lipinski definition) is 1. The minimum atomic E-state index is -0.348. The van der Waals surface area contributed by atoms with Crippen molar-refractivity contribution in [2.45, 2.75) is 32.0 Å². The largest absolute Gasteiger partial charge is 0.481 e. The van der Waals surface area contributed by atoms with E-state index < -0.39 is 0 Å². The van der Waals surface area contributed by atoms with E-state index in [0.717, 1.165) is 21.3 Å². The SMILES string of the molecule is Cc1cc(Br)cc(C)c1NC(=O)CSc1nnc([C@@H](C)Oc2ccccc2Cl)n1C. The summed E-state index contributed by atoms with van der Waals surface area (Å²) in [4.78, 5) is 12.5. The molecule has 1 amide bonds. The van der Waals surface area contributed by atoms with E-state index >= 15 is 0 Å². The van der Waals surface area contributed by atoms with E-state index in [9.17, 15) is 4.79 Å². The highest BCUT2D eigenvalue weighted by Crippen LogP contribution is 2.29. The van der Waals surface area contributed by atoms with Crippen LogP contribution in [-0.2, 0) is 11.8 Å². The zero-order valence-corrected chi connectivity index (χ0v) is 20.2. The first-order valence-corrected chi connectivity index (χ1v) is 11.4. The van der Waals surface area contributed by atoms with Crippen LogP contribution in [0.4, 0.5) is 5.69 Å². The third kappa shape index (κ3) is 5.36. The van der Waals surface area contributed by atoms with Crippen LogP contribution < -0.4 is 10.1 Å². The lowest BCUT2D eigenvalue weighted by molar-refractivity contribution is -0.113. The van der Waals surface area contributed by atoms with E-state index in [4.69, 9.17) is 16.3 Å². The predicted octanol–water partition coefficient (Wildman–Crippen LogP) is 5.72. The normalized spacial score (nSPS) is 11.9. The van der Waals surface area contributed by atoms with Crippen LogP contribution >= 0.6 is 39.3 Å². The maximum atomic E-state index is 12.5. The summed E-state index contributed by atoms with van der Waals surface area (Å²) in [6.07, 6.45) is -0.348. The van der Waals surface area contributed by atoms with Crippen LogP contribution in [0.5, 0.6) is 5.75 Å². The Labute approximate surface area is 193 Å². The zero-order valence-electron chi connectivity index (χ0n) is 17.1. The molecule has 0 aliphatic rings. The molecule has 3 rings (SSSR count). The average molecular weight is 510 g/mol. The van der Waals surface area contributed by atoms with Gasteiger partial charge < -0.3 is 14.6 Å². The quantitative estimate of drug-likeness (QED) is 0.413. The number of halogens is 2. The number of aromatic nitrogens is 3. The molecule has 1 N–H and O–H groups in total. The lowest BCUT2D eigenvalue weighted by Crippen LogP contribution is -2.16. The average Bonchev–Trinajstić information content (AvgIpc) is 3.05. The van der Waals surface area contributed by atoms with Gasteiger partial charge in [-0.25, -0.2) is 0 Å². The van der Waals surface area contributed by atoms with E-state index in [2.05, 4.69) is 31.4 Å². The molecule has 3 aromatic rings. The molecule has 0 saturated heterocycles. The fourth-order valence-electron chi connectivity index (χ4n) is 3.00. The summed E-state index contributed by atoms with van der Waals surface area (Å²) in [5.74, 6) is 1.36. The van der Waals surface area contributed by atoms with Crippen LogP contribution in [0.3, 0.4) is 0 Å². The van der Waals surface area contributed by atoms with Gasteiger partial charge in [-0.05, 0) is 56.2 Å². The van der Waals surface area contributed by atoms with Gasteiger partial charge in [-0.1, -0.05) is 51.4 Å². The predicted molar refractivity (Wildman–Crippen MR) is 124 cm³/mol. The van der Waals surface area contributed by atoms with Crippen LogP contribution in [0, 0.1) is 13.8 Å². The summed E-state index contributed by atoms with van der Waals surface area (Å²) in [6.45, 7) is 5.82. The summed E-state index contributed by atoms with van der Waals surface area (Å²) in [5, 5.41) is 12.6. The standard InChI is InChI=1S/C21H22BrClN4O2S/c1-12-9-15(22)10-13(2)19(12)24-18(28)11-30-21-26-25-20(27(21)4)14(3)29-17-8-6-5-7-16(17)23/h5-10,14H,11H2,1-4H3,(H,24,28)/t14-/m1/s1. The number of hydrogen-bond acceptors (Lipinski definition) is 5. The van der Waals surface area contributed by atoms with Gasteiger partial charge in [0.1, 0.15) is 5.75 Å². The highest BCUT2D eigenvalue weighted by molar-refractivity contribution is 9.10. The number of nitrogens with one attached hydrogen (secondary N) is 1. The third-order valence-electron chi connectivity index (χ3n) is 4.47. The molecule has 0 unspecified atom stereocenters. The summed E-state index contributed by atoms with van der Waals surface area (Å²) in [7, 11) is 1.85. The van der Waals surface area contributed by atoms with Gasteiger partial charge in [-0.2, -0.15) is 0 Å². The summed E-state index contributed by atoms with van der Waals surface area (Å²) < 4.78 is 8.74. The molecule has 2 aromatic carbocycles. The third-order valence-corrected chi connectivity index (χ3v) is 6.26. The van der Waals surface area contributed by atoms with E-state index in [0.29, 0.717) is 21.8 Å². The van der Waals surface area contributed by atoms with E-state index in [-0.39, 0.29) is 17.8 Å². The maximum absolute atomic E-state index is 12.5. The Kier molecular flexibility index (Phi) is 7.44. The fourth-order valence-corrected chi connectivity index (χ4v) is 4.59. The molecular formula is C21H22BrClN4O2S. The number of benzene rings is 2. The van der Waals surface area contributed by atoms with Gasteiger partial charge in [0.05, 0.1) is 10.8 Å². The van der Waals surface area contributed by atoms with E-state index in [1.165, 1.54) is 11.8 Å². The number of para-hydroxylation sites is 1. The fraction of sp³-hybridized carbons (Fsp3) is 0.286. The lowest BCUT2D eigenvalue weighted by atomic mass is 10.1. The van der Waals surface area contributed by atoms with Gasteiger partial charge in [-0.3, -0.25) is 4.79 Å². The highest BCUT2D eigenvalue weighted by atomic mass is 79.9. The van der Waals surface area contributed by atoms with Crippen LogP contribution in [-0.4, -0.2) is 26.4 Å². The van der Waals surface area contributed by atoms with Crippen molar-refractivity contribution in [3.63, 3.8) is 0 Å². The molecular weight excluding hydrogens is 488 g/mol. The molecule has 0 saturated carbocycles. The molecule has 0 radical (unpaired) electrons. The number of carbonyl (C=O) groups excluding carboxylic acids is 1. The summed E-state index contributed by atoms with van der Waals surface area (Å²) >= 11 is 11.0. The van der Waals surface area contributed by atoms with Gasteiger partial charge in [0.25, 0.3) is 0 Å². The van der Waals surface area contributed by atoms with Crippen LogP contribution in [0.1, 0.15) is 30.0 Å². The number of carbonyl (C=O) groups is 1. The Balaban J connectivity index is 1.62. The Morgan fingerprint density at radius 2 is 1.93 bits per heavy atom. The monoisotopic (exact) mass is 508 g/mol. The molecule has 30 heavy (non-hydrogen) atoms. The Bertz CT molecular complexity index is 1050. The number of rotatable bonds is 7. The van der Waals surface area contributed by atoms with Crippen molar-refractivity contribution in [1.29, 1.82) is 0 Å². The first kappa shape index (κ1) is 22.7. The summed E-state index contributed by atoms with van der Waals surface area (Å²) in [6, 6.07) is 11.2. The maximum Gasteiger partial charge on any atom is 0.234 e. The number of thioether (sulfide) groups is 1. The van der Waals surface area contributed by atoms with Crippen molar-refractivity contribution >= 4 is 50.9 Å². The Morgan fingerprint density at radius 3 is 2.60 bits per heavy atom. The molecule has 0 bridgehead atoms. The van der Waals surface area contributed by atoms with E-state index in [1.54, 1.807) is 12.1 Å². The van der Waals surface area contributed by atoms with Crippen molar-refractivity contribution in [3.05, 3.63) is 62.8 Å². The molecule has 9 heteroatoms. The van der Waals surface area contributed by atoms with Gasteiger partial charge in [-0.15, -0.1) is 10.2 Å². The first-order valence-electron chi connectivity index (χ1n) is 9.26. The molecule has 1 aromatic heterocycles. The van der Waals surface area contributed by atoms with Gasteiger partial charge in [0, 0.05) is 17.2 Å². The molecule has 0 spiro atoms. The Morgan fingerprint density at radius 1 is 1.27 bits per heavy atom. The molecule has 0 aliphatic heterocycles. The van der Waals surface area contributed by atoms with Crippen LogP contribution in [0.2, 0.25) is 5.02 Å². The molecule has 6 nitrogen and oxygen atoms in total.